The number of likely N-dealkylation sites (tertiary alicyclic amines) is 1. The summed E-state index contributed by atoms with van der Waals surface area (Å²) in [4.78, 5) is 33.2. The maximum atomic E-state index is 13.1. The van der Waals surface area contributed by atoms with Crippen molar-refractivity contribution in [2.75, 3.05) is 37.8 Å². The molecule has 0 aliphatic carbocycles. The molecule has 162 valence electrons. The molecule has 0 bridgehead atoms. The Morgan fingerprint density at radius 1 is 1.32 bits per heavy atom. The number of amides is 1. The van der Waals surface area contributed by atoms with E-state index in [0.29, 0.717) is 49.0 Å². The molecule has 0 saturated carbocycles. The third-order valence-electron chi connectivity index (χ3n) is 5.90. The number of carbonyl (C=O) groups excluding carboxylic acids is 1. The summed E-state index contributed by atoms with van der Waals surface area (Å²) in [6.45, 7) is 1.66. The zero-order valence-corrected chi connectivity index (χ0v) is 17.2. The largest absolute Gasteiger partial charge is 0.488 e. The lowest BCUT2D eigenvalue weighted by atomic mass is 9.99. The third-order valence-corrected chi connectivity index (χ3v) is 5.90. The molecule has 5 heterocycles. The number of hydrogen-bond acceptors (Lipinski definition) is 6. The van der Waals surface area contributed by atoms with Crippen molar-refractivity contribution < 1.29 is 13.9 Å². The Hall–Kier alpha value is -3.43. The zero-order valence-electron chi connectivity index (χ0n) is 17.2. The summed E-state index contributed by atoms with van der Waals surface area (Å²) < 4.78 is 21.6. The number of carbonyl (C=O) groups is 1. The highest BCUT2D eigenvalue weighted by Gasteiger charge is 2.27. The predicted molar refractivity (Wildman–Crippen MR) is 112 cm³/mol. The average molecular weight is 426 g/mol. The van der Waals surface area contributed by atoms with Crippen molar-refractivity contribution in [1.29, 1.82) is 0 Å². The molecule has 2 aliphatic rings. The van der Waals surface area contributed by atoms with Crippen LogP contribution in [0.2, 0.25) is 0 Å². The van der Waals surface area contributed by atoms with Crippen molar-refractivity contribution in [3.63, 3.8) is 0 Å². The molecule has 1 atom stereocenters. The van der Waals surface area contributed by atoms with Crippen LogP contribution in [0.3, 0.4) is 0 Å². The fourth-order valence-electron chi connectivity index (χ4n) is 4.26. The second-order valence-corrected chi connectivity index (χ2v) is 7.98. The van der Waals surface area contributed by atoms with Gasteiger partial charge in [0.15, 0.2) is 17.2 Å². The summed E-state index contributed by atoms with van der Waals surface area (Å²) in [5.74, 6) is 0.882. The minimum atomic E-state index is -0.406. The molecule has 3 aromatic heterocycles. The Bertz CT molecular complexity index is 1210. The molecule has 0 radical (unpaired) electrons. The minimum Gasteiger partial charge on any atom is -0.488 e. The summed E-state index contributed by atoms with van der Waals surface area (Å²) in [5.41, 5.74) is 1.60. The van der Waals surface area contributed by atoms with E-state index in [1.165, 1.54) is 9.08 Å². The monoisotopic (exact) mass is 426 g/mol. The van der Waals surface area contributed by atoms with Crippen LogP contribution in [-0.2, 0) is 7.05 Å². The second-order valence-electron chi connectivity index (χ2n) is 7.98. The van der Waals surface area contributed by atoms with E-state index in [1.54, 1.807) is 30.4 Å². The van der Waals surface area contributed by atoms with E-state index in [2.05, 4.69) is 10.1 Å². The van der Waals surface area contributed by atoms with E-state index in [1.807, 2.05) is 17.0 Å². The van der Waals surface area contributed by atoms with Crippen LogP contribution in [0.15, 0.2) is 35.4 Å². The topological polar surface area (TPSA) is 85.0 Å². The number of ether oxygens (including phenoxy) is 1. The Balaban J connectivity index is 1.44. The number of aryl methyl sites for hydroxylation is 1. The van der Waals surface area contributed by atoms with E-state index < -0.39 is 6.67 Å². The number of piperidine rings is 1. The van der Waals surface area contributed by atoms with Crippen LogP contribution >= 0.6 is 0 Å². The van der Waals surface area contributed by atoms with Gasteiger partial charge in [-0.05, 0) is 25.0 Å². The number of hydrogen-bond donors (Lipinski definition) is 0. The van der Waals surface area contributed by atoms with Crippen LogP contribution in [0.25, 0.3) is 5.65 Å². The zero-order chi connectivity index (χ0) is 21.5. The van der Waals surface area contributed by atoms with Crippen molar-refractivity contribution in [3.8, 4) is 5.75 Å². The molecule has 9 nitrogen and oxygen atoms in total. The summed E-state index contributed by atoms with van der Waals surface area (Å²) in [6, 6.07) is 5.36. The van der Waals surface area contributed by atoms with Gasteiger partial charge in [0.25, 0.3) is 5.91 Å². The van der Waals surface area contributed by atoms with Gasteiger partial charge in [0, 0.05) is 50.2 Å². The van der Waals surface area contributed by atoms with Crippen molar-refractivity contribution >= 4 is 23.1 Å². The molecule has 31 heavy (non-hydrogen) atoms. The van der Waals surface area contributed by atoms with E-state index in [9.17, 15) is 14.0 Å². The first-order chi connectivity index (χ1) is 15.0. The van der Waals surface area contributed by atoms with Crippen LogP contribution < -0.4 is 15.3 Å². The van der Waals surface area contributed by atoms with E-state index in [-0.39, 0.29) is 17.5 Å². The smallest absolute Gasteiger partial charge is 0.350 e. The second kappa shape index (κ2) is 7.68. The number of rotatable bonds is 3. The molecule has 1 fully saturated rings. The van der Waals surface area contributed by atoms with Crippen LogP contribution in [0.1, 0.15) is 23.2 Å². The number of pyridine rings is 2. The van der Waals surface area contributed by atoms with Gasteiger partial charge in [-0.1, -0.05) is 0 Å². The van der Waals surface area contributed by atoms with E-state index >= 15 is 0 Å². The van der Waals surface area contributed by atoms with Gasteiger partial charge < -0.3 is 14.5 Å². The third kappa shape index (κ3) is 3.41. The standard InChI is InChI=1S/C21H23FN6O3/c1-25-21(30)28-6-4-16(10-18(28)24-25)27-7-8-31-17-9-15(12-23-19(17)27)20(29)26-5-2-3-14(11-22)13-26/h4,6,9-10,12,14H,2-3,5,7-8,11,13H2,1H3/t14-/m0/s1. The Morgan fingerprint density at radius 3 is 3.03 bits per heavy atom. The first-order valence-electron chi connectivity index (χ1n) is 10.4. The Kier molecular flexibility index (Phi) is 4.84. The first kappa shape index (κ1) is 19.5. The first-order valence-corrected chi connectivity index (χ1v) is 10.4. The van der Waals surface area contributed by atoms with Gasteiger partial charge in [0.1, 0.15) is 6.61 Å². The maximum absolute atomic E-state index is 13.1. The van der Waals surface area contributed by atoms with Crippen LogP contribution in [0.4, 0.5) is 15.9 Å². The highest BCUT2D eigenvalue weighted by Crippen LogP contribution is 2.35. The number of aromatic nitrogens is 4. The fourth-order valence-corrected chi connectivity index (χ4v) is 4.26. The van der Waals surface area contributed by atoms with Gasteiger partial charge in [-0.15, -0.1) is 0 Å². The molecule has 1 saturated heterocycles. The maximum Gasteiger partial charge on any atom is 0.350 e. The van der Waals surface area contributed by atoms with Gasteiger partial charge in [0.05, 0.1) is 18.8 Å². The molecule has 0 N–H and O–H groups in total. The predicted octanol–water partition coefficient (Wildman–Crippen LogP) is 1.78. The van der Waals surface area contributed by atoms with Gasteiger partial charge in [0.2, 0.25) is 0 Å². The highest BCUT2D eigenvalue weighted by atomic mass is 19.1. The highest BCUT2D eigenvalue weighted by molar-refractivity contribution is 5.95. The molecule has 1 amide bonds. The molecule has 3 aromatic rings. The van der Waals surface area contributed by atoms with Gasteiger partial charge in [-0.3, -0.25) is 13.6 Å². The summed E-state index contributed by atoms with van der Waals surface area (Å²) >= 11 is 0. The molecular formula is C21H23FN6O3. The van der Waals surface area contributed by atoms with Crippen molar-refractivity contribution in [2.45, 2.75) is 12.8 Å². The minimum absolute atomic E-state index is 0.0935. The summed E-state index contributed by atoms with van der Waals surface area (Å²) in [6.07, 6.45) is 4.85. The molecule has 0 spiro atoms. The fraction of sp³-hybridized carbons (Fsp3) is 0.429. The lowest BCUT2D eigenvalue weighted by molar-refractivity contribution is 0.0655. The van der Waals surface area contributed by atoms with Gasteiger partial charge >= 0.3 is 5.69 Å². The number of fused-ring (bicyclic) bond motifs is 2. The van der Waals surface area contributed by atoms with Gasteiger partial charge in [-0.2, -0.15) is 5.10 Å². The quantitative estimate of drug-likeness (QED) is 0.635. The molecule has 2 aliphatic heterocycles. The average Bonchev–Trinajstić information content (AvgIpc) is 3.10. The lowest BCUT2D eigenvalue weighted by Gasteiger charge is -2.32. The van der Waals surface area contributed by atoms with Crippen LogP contribution in [0.5, 0.6) is 5.75 Å². The summed E-state index contributed by atoms with van der Waals surface area (Å²) in [5, 5.41) is 4.24. The molecule has 0 unspecified atom stereocenters. The molecule has 5 rings (SSSR count). The summed E-state index contributed by atoms with van der Waals surface area (Å²) in [7, 11) is 1.61. The Morgan fingerprint density at radius 2 is 2.19 bits per heavy atom. The van der Waals surface area contributed by atoms with Gasteiger partial charge in [-0.25, -0.2) is 14.5 Å². The van der Waals surface area contributed by atoms with Crippen molar-refractivity contribution in [1.82, 2.24) is 24.1 Å². The van der Waals surface area contributed by atoms with E-state index in [4.69, 9.17) is 4.74 Å². The van der Waals surface area contributed by atoms with E-state index in [0.717, 1.165) is 18.5 Å². The lowest BCUT2D eigenvalue weighted by Crippen LogP contribution is -2.40. The number of halogens is 1. The number of anilines is 2. The molecule has 10 heteroatoms. The molecular weight excluding hydrogens is 403 g/mol. The van der Waals surface area contributed by atoms with Crippen LogP contribution in [-0.4, -0.2) is 62.9 Å². The number of alkyl halides is 1. The van der Waals surface area contributed by atoms with Crippen molar-refractivity contribution in [2.24, 2.45) is 13.0 Å². The molecule has 0 aromatic carbocycles. The normalized spacial score (nSPS) is 18.7. The van der Waals surface area contributed by atoms with Crippen LogP contribution in [0, 0.1) is 5.92 Å². The Labute approximate surface area is 177 Å². The number of nitrogens with zero attached hydrogens (tertiary/aromatic N) is 6. The SMILES string of the molecule is Cn1nc2cc(N3CCOc4cc(C(=O)N5CCC[C@@H](CF)C5)cnc43)ccn2c1=O. The van der Waals surface area contributed by atoms with Crippen molar-refractivity contribution in [3.05, 3.63) is 46.6 Å².